The predicted molar refractivity (Wildman–Crippen MR) is 107 cm³/mol. The first-order chi connectivity index (χ1) is 12.6. The first-order valence-electron chi connectivity index (χ1n) is 8.96. The van der Waals surface area contributed by atoms with Crippen molar-refractivity contribution >= 4 is 26.4 Å². The monoisotopic (exact) mass is 394 g/mol. The maximum absolute atomic E-state index is 11.6. The highest BCUT2D eigenvalue weighted by atomic mass is 31.1. The lowest BCUT2D eigenvalue weighted by Crippen LogP contribution is -2.38. The second kappa shape index (κ2) is 10.3. The van der Waals surface area contributed by atoms with Gasteiger partial charge in [0.1, 0.15) is 5.92 Å². The Morgan fingerprint density at radius 3 is 2.30 bits per heavy atom. The quantitative estimate of drug-likeness (QED) is 0.498. The number of rotatable bonds is 11. The highest BCUT2D eigenvalue weighted by Crippen LogP contribution is 2.38. The minimum atomic E-state index is -1.94. The molecule has 0 bridgehead atoms. The fourth-order valence-corrected chi connectivity index (χ4v) is 3.83. The number of carboxylic acid groups (broad SMARTS) is 1. The lowest BCUT2D eigenvalue weighted by atomic mass is 9.90. The smallest absolute Gasteiger partial charge is 0.360 e. The molecule has 0 fully saturated rings. The zero-order valence-electron chi connectivity index (χ0n) is 16.1. The normalized spacial score (nSPS) is 15.5. The highest BCUT2D eigenvalue weighted by molar-refractivity contribution is 7.25. The molecule has 4 N–H and O–H groups in total. The van der Waals surface area contributed by atoms with Crippen LogP contribution in [0.4, 0.5) is 0 Å². The molecule has 0 heterocycles. The third-order valence-corrected chi connectivity index (χ3v) is 5.19. The number of carbonyl (C=O) groups is 2. The van der Waals surface area contributed by atoms with Crippen LogP contribution in [0.15, 0.2) is 29.8 Å². The van der Waals surface area contributed by atoms with Gasteiger partial charge < -0.3 is 15.9 Å². The van der Waals surface area contributed by atoms with Gasteiger partial charge in [0.15, 0.2) is 0 Å². The molecule has 6 nitrogen and oxygen atoms in total. The Morgan fingerprint density at radius 2 is 1.85 bits per heavy atom. The van der Waals surface area contributed by atoms with Crippen LogP contribution in [0.25, 0.3) is 6.08 Å². The van der Waals surface area contributed by atoms with Gasteiger partial charge in [-0.25, -0.2) is 0 Å². The van der Waals surface area contributed by atoms with Crippen LogP contribution in [0.3, 0.4) is 0 Å². The van der Waals surface area contributed by atoms with Gasteiger partial charge in [0.2, 0.25) is 5.91 Å². The predicted octanol–water partition coefficient (Wildman–Crippen LogP) is 3.36. The van der Waals surface area contributed by atoms with Crippen LogP contribution in [0.2, 0.25) is 0 Å². The number of benzene rings is 1. The van der Waals surface area contributed by atoms with E-state index < -0.39 is 31.6 Å². The van der Waals surface area contributed by atoms with Crippen LogP contribution in [-0.2, 0) is 20.6 Å². The summed E-state index contributed by atoms with van der Waals surface area (Å²) in [6, 6.07) is 7.99. The average Bonchev–Trinajstić information content (AvgIpc) is 2.55. The van der Waals surface area contributed by atoms with Crippen molar-refractivity contribution in [3.05, 3.63) is 41.0 Å². The fourth-order valence-electron chi connectivity index (χ4n) is 3.07. The number of hydrogen-bond acceptors (Lipinski definition) is 4. The van der Waals surface area contributed by atoms with Crippen molar-refractivity contribution in [2.75, 3.05) is 0 Å². The van der Waals surface area contributed by atoms with Crippen molar-refractivity contribution in [3.8, 4) is 0 Å². The van der Waals surface area contributed by atoms with Gasteiger partial charge in [-0.05, 0) is 36.8 Å². The van der Waals surface area contributed by atoms with Gasteiger partial charge in [-0.3, -0.25) is 9.59 Å². The zero-order chi connectivity index (χ0) is 20.6. The molecule has 3 unspecified atom stereocenters. The van der Waals surface area contributed by atoms with E-state index in [1.165, 1.54) is 5.56 Å². The third kappa shape index (κ3) is 7.61. The molecule has 3 atom stereocenters. The van der Waals surface area contributed by atoms with Gasteiger partial charge in [-0.15, -0.1) is 0 Å². The number of amides is 1. The standard InChI is InChI=1S/C20H28NO5P/c1-13(2)10-15-4-6-16(7-5-15)11-14(3)12-20(25,27-26)17(19(23)24)8-9-18(21)22/h4-7,11,13,17,25H,8-10,12H2,1-3H3,(H2,21,22)(H,23,24)/p+1/b14-11+. The van der Waals surface area contributed by atoms with Gasteiger partial charge in [0.05, 0.1) is 0 Å². The molecular weight excluding hydrogens is 365 g/mol. The highest BCUT2D eigenvalue weighted by Gasteiger charge is 2.49. The molecule has 0 aliphatic carbocycles. The van der Waals surface area contributed by atoms with Crippen molar-refractivity contribution in [1.29, 1.82) is 0 Å². The Bertz CT molecular complexity index is 699. The molecule has 1 amide bonds. The van der Waals surface area contributed by atoms with Gasteiger partial charge in [-0.2, -0.15) is 0 Å². The van der Waals surface area contributed by atoms with Crippen LogP contribution in [0, 0.1) is 11.8 Å². The number of carbonyl (C=O) groups excluding carboxylic acids is 1. The topological polar surface area (TPSA) is 118 Å². The Hall–Kier alpha value is -2.04. The largest absolute Gasteiger partial charge is 0.481 e. The van der Waals surface area contributed by atoms with Gasteiger partial charge in [-0.1, -0.05) is 54.3 Å². The number of nitrogens with two attached hydrogens (primary N) is 1. The Balaban J connectivity index is 2.95. The van der Waals surface area contributed by atoms with E-state index in [1.54, 1.807) is 6.92 Å². The summed E-state index contributed by atoms with van der Waals surface area (Å²) in [5.41, 5.74) is 7.92. The van der Waals surface area contributed by atoms with E-state index in [1.807, 2.05) is 30.3 Å². The Labute approximate surface area is 161 Å². The number of carboxylic acids is 1. The van der Waals surface area contributed by atoms with Crippen LogP contribution in [-0.4, -0.2) is 27.4 Å². The Kier molecular flexibility index (Phi) is 8.80. The summed E-state index contributed by atoms with van der Waals surface area (Å²) >= 11 is 0. The summed E-state index contributed by atoms with van der Waals surface area (Å²) in [6.07, 6.45) is 2.40. The van der Waals surface area contributed by atoms with E-state index in [9.17, 15) is 24.4 Å². The number of hydrogen-bond donors (Lipinski definition) is 3. The van der Waals surface area contributed by atoms with E-state index in [0.717, 1.165) is 12.0 Å². The lowest BCUT2D eigenvalue weighted by Gasteiger charge is -2.22. The molecule has 0 aromatic heterocycles. The number of aliphatic carboxylic acids is 1. The van der Waals surface area contributed by atoms with Gasteiger partial charge >= 0.3 is 14.4 Å². The Morgan fingerprint density at radius 1 is 1.26 bits per heavy atom. The minimum Gasteiger partial charge on any atom is -0.481 e. The summed E-state index contributed by atoms with van der Waals surface area (Å²) < 4.78 is 11.6. The summed E-state index contributed by atoms with van der Waals surface area (Å²) in [7, 11) is -1.24. The van der Waals surface area contributed by atoms with Crippen LogP contribution in [0.5, 0.6) is 0 Å². The molecule has 0 radical (unpaired) electrons. The minimum absolute atomic E-state index is 0.0710. The molecule has 0 saturated carbocycles. The van der Waals surface area contributed by atoms with Gasteiger partial charge in [0.25, 0.3) is 5.34 Å². The molecule has 0 aliphatic rings. The fraction of sp³-hybridized carbons (Fsp3) is 0.500. The maximum atomic E-state index is 11.6. The molecule has 0 spiro atoms. The van der Waals surface area contributed by atoms with Crippen molar-refractivity contribution in [2.24, 2.45) is 17.6 Å². The SMILES string of the molecule is C/C(=C\c1ccc(CC(C)C)cc1)CC(O)([PH+]=O)C(CCC(N)=O)C(=O)O. The first-order valence-corrected chi connectivity index (χ1v) is 9.87. The average molecular weight is 394 g/mol. The van der Waals surface area contributed by atoms with E-state index in [-0.39, 0.29) is 19.3 Å². The van der Waals surface area contributed by atoms with E-state index in [4.69, 9.17) is 5.73 Å². The van der Waals surface area contributed by atoms with Crippen LogP contribution in [0.1, 0.15) is 51.2 Å². The van der Waals surface area contributed by atoms with Crippen molar-refractivity contribution in [2.45, 2.75) is 51.8 Å². The number of primary amides is 1. The van der Waals surface area contributed by atoms with E-state index in [0.29, 0.717) is 11.5 Å². The molecule has 1 rings (SSSR count). The maximum Gasteiger partial charge on any atom is 0.360 e. The molecule has 0 saturated heterocycles. The van der Waals surface area contributed by atoms with Crippen molar-refractivity contribution in [3.63, 3.8) is 0 Å². The third-order valence-electron chi connectivity index (χ3n) is 4.32. The molecule has 1 aromatic rings. The molecule has 27 heavy (non-hydrogen) atoms. The van der Waals surface area contributed by atoms with E-state index in [2.05, 4.69) is 13.8 Å². The van der Waals surface area contributed by atoms with Gasteiger partial charge in [0, 0.05) is 12.8 Å². The molecule has 0 aliphatic heterocycles. The second-order valence-electron chi connectivity index (χ2n) is 7.43. The summed E-state index contributed by atoms with van der Waals surface area (Å²) in [4.78, 5) is 22.5. The lowest BCUT2D eigenvalue weighted by molar-refractivity contribution is -0.147. The summed E-state index contributed by atoms with van der Waals surface area (Å²) in [5, 5.41) is 18.1. The molecule has 7 heteroatoms. The summed E-state index contributed by atoms with van der Waals surface area (Å²) in [6.45, 7) is 6.05. The van der Waals surface area contributed by atoms with Crippen molar-refractivity contribution < 1.29 is 24.4 Å². The van der Waals surface area contributed by atoms with E-state index >= 15 is 0 Å². The summed E-state index contributed by atoms with van der Waals surface area (Å²) in [5.74, 6) is -2.73. The second-order valence-corrected chi connectivity index (χ2v) is 8.50. The zero-order valence-corrected chi connectivity index (χ0v) is 17.1. The number of aliphatic hydroxyl groups is 1. The molecule has 148 valence electrons. The first kappa shape index (κ1) is 23.0. The van der Waals surface area contributed by atoms with Crippen LogP contribution < -0.4 is 5.73 Å². The molecule has 1 aromatic carbocycles. The van der Waals surface area contributed by atoms with Crippen LogP contribution >= 0.6 is 8.46 Å². The van der Waals surface area contributed by atoms with Crippen molar-refractivity contribution in [1.82, 2.24) is 0 Å². The molecular formula is C20H29NO5P+.